The average Bonchev–Trinajstić information content (AvgIpc) is 2.49. The molecule has 1 amide bonds. The van der Waals surface area contributed by atoms with Crippen LogP contribution in [0.3, 0.4) is 0 Å². The van der Waals surface area contributed by atoms with Gasteiger partial charge in [0.1, 0.15) is 11.5 Å². The molecule has 5 heteroatoms. The van der Waals surface area contributed by atoms with Crippen LogP contribution < -0.4 is 14.8 Å². The van der Waals surface area contributed by atoms with Gasteiger partial charge in [-0.15, -0.1) is 0 Å². The van der Waals surface area contributed by atoms with Gasteiger partial charge in [-0.3, -0.25) is 4.79 Å². The molecule has 0 radical (unpaired) electrons. The van der Waals surface area contributed by atoms with Crippen LogP contribution in [0.1, 0.15) is 36.0 Å². The van der Waals surface area contributed by atoms with Crippen molar-refractivity contribution in [1.82, 2.24) is 5.32 Å². The molecule has 0 bridgehead atoms. The number of aliphatic hydroxyl groups excluding tert-OH is 1. The van der Waals surface area contributed by atoms with Crippen molar-refractivity contribution in [3.8, 4) is 11.5 Å². The van der Waals surface area contributed by atoms with Crippen LogP contribution in [0.4, 0.5) is 0 Å². The quantitative estimate of drug-likeness (QED) is 0.679. The van der Waals surface area contributed by atoms with Gasteiger partial charge in [0.25, 0.3) is 5.91 Å². The van der Waals surface area contributed by atoms with Gasteiger partial charge in [0.05, 0.1) is 19.8 Å². The summed E-state index contributed by atoms with van der Waals surface area (Å²) in [7, 11) is 3.10. The first-order valence-corrected chi connectivity index (χ1v) is 6.84. The zero-order valence-corrected chi connectivity index (χ0v) is 12.1. The van der Waals surface area contributed by atoms with Crippen LogP contribution >= 0.6 is 0 Å². The van der Waals surface area contributed by atoms with Crippen molar-refractivity contribution >= 4 is 5.91 Å². The average molecular weight is 281 g/mol. The summed E-state index contributed by atoms with van der Waals surface area (Å²) in [6.45, 7) is 0.856. The van der Waals surface area contributed by atoms with Crippen molar-refractivity contribution in [3.05, 3.63) is 23.8 Å². The standard InChI is InChI=1S/C15H23NO4/c1-19-12-7-8-13(14(11-12)20-2)15(18)16-9-5-3-4-6-10-17/h7-8,11,17H,3-6,9-10H2,1-2H3,(H,16,18). The lowest BCUT2D eigenvalue weighted by Gasteiger charge is -2.10. The minimum absolute atomic E-state index is 0.147. The maximum Gasteiger partial charge on any atom is 0.255 e. The SMILES string of the molecule is COc1ccc(C(=O)NCCCCCCO)c(OC)c1. The van der Waals surface area contributed by atoms with Crippen molar-refractivity contribution < 1.29 is 19.4 Å². The molecule has 0 unspecified atom stereocenters. The molecule has 0 aliphatic carbocycles. The fourth-order valence-corrected chi connectivity index (χ4v) is 1.87. The van der Waals surface area contributed by atoms with Gasteiger partial charge in [0.15, 0.2) is 0 Å². The first-order valence-electron chi connectivity index (χ1n) is 6.84. The number of hydrogen-bond donors (Lipinski definition) is 2. The normalized spacial score (nSPS) is 10.2. The molecule has 1 aromatic rings. The summed E-state index contributed by atoms with van der Waals surface area (Å²) in [5, 5.41) is 11.5. The molecule has 0 spiro atoms. The van der Waals surface area contributed by atoms with Gasteiger partial charge < -0.3 is 19.9 Å². The van der Waals surface area contributed by atoms with Gasteiger partial charge in [-0.25, -0.2) is 0 Å². The van der Waals surface area contributed by atoms with Gasteiger partial charge in [-0.1, -0.05) is 12.8 Å². The molecule has 1 aromatic carbocycles. The highest BCUT2D eigenvalue weighted by atomic mass is 16.5. The molecule has 0 aromatic heterocycles. The Hall–Kier alpha value is -1.75. The summed E-state index contributed by atoms with van der Waals surface area (Å²) in [5.74, 6) is 1.01. The highest BCUT2D eigenvalue weighted by Crippen LogP contribution is 2.24. The first-order chi connectivity index (χ1) is 9.72. The van der Waals surface area contributed by atoms with E-state index in [1.165, 1.54) is 7.11 Å². The molecule has 0 fully saturated rings. The predicted octanol–water partition coefficient (Wildman–Crippen LogP) is 1.99. The molecular formula is C15H23NO4. The third-order valence-electron chi connectivity index (χ3n) is 3.02. The van der Waals surface area contributed by atoms with E-state index in [9.17, 15) is 4.79 Å². The summed E-state index contributed by atoms with van der Waals surface area (Å²) >= 11 is 0. The zero-order chi connectivity index (χ0) is 14.8. The smallest absolute Gasteiger partial charge is 0.255 e. The number of hydrogen-bond acceptors (Lipinski definition) is 4. The second kappa shape index (κ2) is 9.20. The summed E-state index contributed by atoms with van der Waals surface area (Å²) in [5.41, 5.74) is 0.503. The summed E-state index contributed by atoms with van der Waals surface area (Å²) in [6.07, 6.45) is 3.71. The van der Waals surface area contributed by atoms with E-state index in [1.54, 1.807) is 25.3 Å². The fraction of sp³-hybridized carbons (Fsp3) is 0.533. The second-order valence-electron chi connectivity index (χ2n) is 4.46. The van der Waals surface area contributed by atoms with E-state index in [1.807, 2.05) is 0 Å². The number of aliphatic hydroxyl groups is 1. The van der Waals surface area contributed by atoms with Gasteiger partial charge in [-0.2, -0.15) is 0 Å². The Morgan fingerprint density at radius 1 is 1.15 bits per heavy atom. The monoisotopic (exact) mass is 281 g/mol. The van der Waals surface area contributed by atoms with Crippen LogP contribution in [0.2, 0.25) is 0 Å². The molecule has 112 valence electrons. The van der Waals surface area contributed by atoms with E-state index in [2.05, 4.69) is 5.32 Å². The van der Waals surface area contributed by atoms with Gasteiger partial charge in [0.2, 0.25) is 0 Å². The lowest BCUT2D eigenvalue weighted by molar-refractivity contribution is 0.0949. The number of unbranched alkanes of at least 4 members (excludes halogenated alkanes) is 3. The Balaban J connectivity index is 2.46. The largest absolute Gasteiger partial charge is 0.497 e. The number of rotatable bonds is 9. The molecule has 0 heterocycles. The fourth-order valence-electron chi connectivity index (χ4n) is 1.87. The minimum Gasteiger partial charge on any atom is -0.497 e. The van der Waals surface area contributed by atoms with Crippen LogP contribution in [0.25, 0.3) is 0 Å². The Morgan fingerprint density at radius 2 is 1.90 bits per heavy atom. The van der Waals surface area contributed by atoms with Crippen molar-refractivity contribution in [2.75, 3.05) is 27.4 Å². The molecule has 1 rings (SSSR count). The maximum absolute atomic E-state index is 12.0. The number of amides is 1. The number of carbonyl (C=O) groups is 1. The topological polar surface area (TPSA) is 67.8 Å². The molecule has 0 aliphatic rings. The highest BCUT2D eigenvalue weighted by molar-refractivity contribution is 5.97. The van der Waals surface area contributed by atoms with E-state index < -0.39 is 0 Å². The zero-order valence-electron chi connectivity index (χ0n) is 12.1. The summed E-state index contributed by atoms with van der Waals surface area (Å²) in [6, 6.07) is 5.12. The summed E-state index contributed by atoms with van der Waals surface area (Å²) in [4.78, 5) is 12.0. The van der Waals surface area contributed by atoms with Crippen LogP contribution in [-0.2, 0) is 0 Å². The maximum atomic E-state index is 12.0. The van der Waals surface area contributed by atoms with Crippen LogP contribution in [0.15, 0.2) is 18.2 Å². The minimum atomic E-state index is -0.147. The molecule has 0 aliphatic heterocycles. The van der Waals surface area contributed by atoms with E-state index >= 15 is 0 Å². The molecule has 2 N–H and O–H groups in total. The molecule has 20 heavy (non-hydrogen) atoms. The number of methoxy groups -OCH3 is 2. The lowest BCUT2D eigenvalue weighted by atomic mass is 10.1. The van der Waals surface area contributed by atoms with E-state index in [0.29, 0.717) is 23.6 Å². The molecule has 5 nitrogen and oxygen atoms in total. The predicted molar refractivity (Wildman–Crippen MR) is 77.4 cm³/mol. The van der Waals surface area contributed by atoms with Gasteiger partial charge >= 0.3 is 0 Å². The van der Waals surface area contributed by atoms with Crippen molar-refractivity contribution in [2.45, 2.75) is 25.7 Å². The number of nitrogens with one attached hydrogen (secondary N) is 1. The van der Waals surface area contributed by atoms with Crippen LogP contribution in [0.5, 0.6) is 11.5 Å². The Morgan fingerprint density at radius 3 is 2.55 bits per heavy atom. The van der Waals surface area contributed by atoms with Crippen molar-refractivity contribution in [2.24, 2.45) is 0 Å². The Kier molecular flexibility index (Phi) is 7.50. The van der Waals surface area contributed by atoms with Crippen molar-refractivity contribution in [1.29, 1.82) is 0 Å². The first kappa shape index (κ1) is 16.3. The van der Waals surface area contributed by atoms with E-state index in [0.717, 1.165) is 25.7 Å². The van der Waals surface area contributed by atoms with E-state index in [4.69, 9.17) is 14.6 Å². The Labute approximate surface area is 119 Å². The molecule has 0 atom stereocenters. The highest BCUT2D eigenvalue weighted by Gasteiger charge is 2.12. The third-order valence-corrected chi connectivity index (χ3v) is 3.02. The molecule has 0 saturated carbocycles. The van der Waals surface area contributed by atoms with Crippen molar-refractivity contribution in [3.63, 3.8) is 0 Å². The van der Waals surface area contributed by atoms with Gasteiger partial charge in [0, 0.05) is 19.2 Å². The molecule has 0 saturated heterocycles. The number of carbonyl (C=O) groups excluding carboxylic acids is 1. The lowest BCUT2D eigenvalue weighted by Crippen LogP contribution is -2.24. The second-order valence-corrected chi connectivity index (χ2v) is 4.46. The van der Waals surface area contributed by atoms with E-state index in [-0.39, 0.29) is 12.5 Å². The summed E-state index contributed by atoms with van der Waals surface area (Å²) < 4.78 is 10.3. The van der Waals surface area contributed by atoms with Crippen LogP contribution in [0, 0.1) is 0 Å². The number of ether oxygens (including phenoxy) is 2. The van der Waals surface area contributed by atoms with Gasteiger partial charge in [-0.05, 0) is 25.0 Å². The molecular weight excluding hydrogens is 258 g/mol. The number of benzene rings is 1. The third kappa shape index (κ3) is 5.09. The Bertz CT molecular complexity index is 420. The van der Waals surface area contributed by atoms with Crippen LogP contribution in [-0.4, -0.2) is 38.4 Å².